The SMILES string of the molecule is Cc1ncccc1C(=O)NC(CC(N)=O)C(=O)O. The van der Waals surface area contributed by atoms with E-state index in [4.69, 9.17) is 10.8 Å². The molecule has 0 aliphatic heterocycles. The van der Waals surface area contributed by atoms with Gasteiger partial charge in [-0.2, -0.15) is 0 Å². The quantitative estimate of drug-likeness (QED) is 0.648. The first kappa shape index (κ1) is 13.6. The van der Waals surface area contributed by atoms with Crippen LogP contribution in [0.3, 0.4) is 0 Å². The van der Waals surface area contributed by atoms with Crippen molar-refractivity contribution in [1.82, 2.24) is 10.3 Å². The molecule has 0 spiro atoms. The Morgan fingerprint density at radius 3 is 2.67 bits per heavy atom. The lowest BCUT2D eigenvalue weighted by Crippen LogP contribution is -2.43. The summed E-state index contributed by atoms with van der Waals surface area (Å²) in [6.07, 6.45) is 1.06. The standard InChI is InChI=1S/C11H13N3O4/c1-6-7(3-2-4-13-6)10(16)14-8(11(17)18)5-9(12)15/h2-4,8H,5H2,1H3,(H2,12,15)(H,14,16)(H,17,18). The number of rotatable bonds is 5. The predicted octanol–water partition coefficient (Wildman–Crippen LogP) is -0.552. The average Bonchev–Trinajstić information content (AvgIpc) is 2.27. The number of amides is 2. The number of hydrogen-bond donors (Lipinski definition) is 3. The van der Waals surface area contributed by atoms with Crippen LogP contribution < -0.4 is 11.1 Å². The molecule has 0 aliphatic rings. The molecule has 1 aromatic rings. The Morgan fingerprint density at radius 2 is 2.17 bits per heavy atom. The molecule has 1 rings (SSSR count). The van der Waals surface area contributed by atoms with Crippen molar-refractivity contribution < 1.29 is 19.5 Å². The van der Waals surface area contributed by atoms with E-state index < -0.39 is 30.2 Å². The van der Waals surface area contributed by atoms with Gasteiger partial charge in [0, 0.05) is 11.9 Å². The van der Waals surface area contributed by atoms with Crippen molar-refractivity contribution in [3.63, 3.8) is 0 Å². The molecule has 1 heterocycles. The maximum Gasteiger partial charge on any atom is 0.326 e. The molecule has 1 atom stereocenters. The smallest absolute Gasteiger partial charge is 0.326 e. The Bertz CT molecular complexity index is 487. The van der Waals surface area contributed by atoms with Gasteiger partial charge in [0.05, 0.1) is 12.0 Å². The maximum atomic E-state index is 11.8. The summed E-state index contributed by atoms with van der Waals surface area (Å²) >= 11 is 0. The van der Waals surface area contributed by atoms with Gasteiger partial charge < -0.3 is 16.2 Å². The van der Waals surface area contributed by atoms with Crippen molar-refractivity contribution in [3.8, 4) is 0 Å². The normalized spacial score (nSPS) is 11.6. The van der Waals surface area contributed by atoms with E-state index in [1.54, 1.807) is 13.0 Å². The molecule has 0 saturated heterocycles. The summed E-state index contributed by atoms with van der Waals surface area (Å²) in [5.41, 5.74) is 5.64. The second-order valence-corrected chi connectivity index (χ2v) is 3.67. The van der Waals surface area contributed by atoms with E-state index in [0.717, 1.165) is 0 Å². The van der Waals surface area contributed by atoms with Crippen LogP contribution in [0.2, 0.25) is 0 Å². The highest BCUT2D eigenvalue weighted by molar-refractivity contribution is 5.98. The molecule has 0 fully saturated rings. The molecule has 0 radical (unpaired) electrons. The zero-order valence-corrected chi connectivity index (χ0v) is 9.71. The van der Waals surface area contributed by atoms with Crippen molar-refractivity contribution in [1.29, 1.82) is 0 Å². The van der Waals surface area contributed by atoms with Crippen LogP contribution in [0.1, 0.15) is 22.5 Å². The summed E-state index contributed by atoms with van der Waals surface area (Å²) in [6, 6.07) is 1.74. The number of aromatic nitrogens is 1. The highest BCUT2D eigenvalue weighted by atomic mass is 16.4. The van der Waals surface area contributed by atoms with Crippen LogP contribution in [0.25, 0.3) is 0 Å². The minimum atomic E-state index is -1.34. The summed E-state index contributed by atoms with van der Waals surface area (Å²) in [5.74, 6) is -2.72. The Balaban J connectivity index is 2.82. The van der Waals surface area contributed by atoms with Crippen molar-refractivity contribution in [2.75, 3.05) is 0 Å². The van der Waals surface area contributed by atoms with Crippen molar-refractivity contribution in [2.24, 2.45) is 5.73 Å². The predicted molar refractivity (Wildman–Crippen MR) is 61.7 cm³/mol. The summed E-state index contributed by atoms with van der Waals surface area (Å²) in [4.78, 5) is 37.3. The lowest BCUT2D eigenvalue weighted by atomic mass is 10.1. The summed E-state index contributed by atoms with van der Waals surface area (Å²) in [7, 11) is 0. The fraction of sp³-hybridized carbons (Fsp3) is 0.273. The minimum absolute atomic E-state index is 0.258. The summed E-state index contributed by atoms with van der Waals surface area (Å²) in [6.45, 7) is 1.62. The van der Waals surface area contributed by atoms with Gasteiger partial charge in [0.2, 0.25) is 5.91 Å². The number of pyridine rings is 1. The number of carboxylic acids is 1. The Hall–Kier alpha value is -2.44. The van der Waals surface area contributed by atoms with Gasteiger partial charge in [0.1, 0.15) is 6.04 Å². The van der Waals surface area contributed by atoms with E-state index in [0.29, 0.717) is 5.69 Å². The average molecular weight is 251 g/mol. The molecule has 2 amide bonds. The largest absolute Gasteiger partial charge is 0.480 e. The van der Waals surface area contributed by atoms with Gasteiger partial charge in [-0.05, 0) is 19.1 Å². The van der Waals surface area contributed by atoms with E-state index in [9.17, 15) is 14.4 Å². The van der Waals surface area contributed by atoms with E-state index >= 15 is 0 Å². The first-order valence-electron chi connectivity index (χ1n) is 5.15. The number of carboxylic acid groups (broad SMARTS) is 1. The number of nitrogens with one attached hydrogen (secondary N) is 1. The van der Waals surface area contributed by atoms with Gasteiger partial charge in [-0.15, -0.1) is 0 Å². The molecule has 7 heteroatoms. The lowest BCUT2D eigenvalue weighted by molar-refractivity contribution is -0.140. The molecule has 4 N–H and O–H groups in total. The first-order valence-corrected chi connectivity index (χ1v) is 5.15. The van der Waals surface area contributed by atoms with E-state index in [1.807, 2.05) is 0 Å². The molecule has 0 saturated carbocycles. The molecule has 96 valence electrons. The third-order valence-corrected chi connectivity index (χ3v) is 2.26. The molecule has 0 aromatic carbocycles. The molecule has 7 nitrogen and oxygen atoms in total. The highest BCUT2D eigenvalue weighted by Gasteiger charge is 2.23. The van der Waals surface area contributed by atoms with Crippen molar-refractivity contribution in [2.45, 2.75) is 19.4 Å². The number of carbonyl (C=O) groups excluding carboxylic acids is 2. The van der Waals surface area contributed by atoms with Crippen molar-refractivity contribution in [3.05, 3.63) is 29.6 Å². The maximum absolute atomic E-state index is 11.8. The fourth-order valence-electron chi connectivity index (χ4n) is 1.36. The molecular formula is C11H13N3O4. The molecule has 1 aromatic heterocycles. The third-order valence-electron chi connectivity index (χ3n) is 2.26. The zero-order chi connectivity index (χ0) is 13.7. The molecule has 0 aliphatic carbocycles. The van der Waals surface area contributed by atoms with Gasteiger partial charge >= 0.3 is 5.97 Å². The number of nitrogens with zero attached hydrogens (tertiary/aromatic N) is 1. The van der Waals surface area contributed by atoms with Crippen LogP contribution in [0.5, 0.6) is 0 Å². The third kappa shape index (κ3) is 3.55. The highest BCUT2D eigenvalue weighted by Crippen LogP contribution is 2.04. The number of aryl methyl sites for hydroxylation is 1. The molecule has 0 bridgehead atoms. The zero-order valence-electron chi connectivity index (χ0n) is 9.71. The van der Waals surface area contributed by atoms with E-state index in [-0.39, 0.29) is 5.56 Å². The number of nitrogens with two attached hydrogens (primary N) is 1. The number of aliphatic carboxylic acids is 1. The van der Waals surface area contributed by atoms with Gasteiger partial charge in [0.15, 0.2) is 0 Å². The number of hydrogen-bond acceptors (Lipinski definition) is 4. The minimum Gasteiger partial charge on any atom is -0.480 e. The first-order chi connectivity index (χ1) is 8.41. The summed E-state index contributed by atoms with van der Waals surface area (Å²) in [5, 5.41) is 11.1. The van der Waals surface area contributed by atoms with Gasteiger partial charge in [0.25, 0.3) is 5.91 Å². The van der Waals surface area contributed by atoms with Crippen LogP contribution in [0.4, 0.5) is 0 Å². The molecule has 18 heavy (non-hydrogen) atoms. The van der Waals surface area contributed by atoms with Crippen LogP contribution >= 0.6 is 0 Å². The Labute approximate surface area is 103 Å². The van der Waals surface area contributed by atoms with Gasteiger partial charge in [-0.25, -0.2) is 4.79 Å². The lowest BCUT2D eigenvalue weighted by Gasteiger charge is -2.13. The Kier molecular flexibility index (Phi) is 4.36. The van der Waals surface area contributed by atoms with E-state index in [2.05, 4.69) is 10.3 Å². The number of primary amides is 1. The van der Waals surface area contributed by atoms with E-state index in [1.165, 1.54) is 12.3 Å². The van der Waals surface area contributed by atoms with Gasteiger partial charge in [-0.3, -0.25) is 14.6 Å². The van der Waals surface area contributed by atoms with Crippen LogP contribution in [0.15, 0.2) is 18.3 Å². The Morgan fingerprint density at radius 1 is 1.50 bits per heavy atom. The van der Waals surface area contributed by atoms with Crippen LogP contribution in [-0.4, -0.2) is 33.9 Å². The van der Waals surface area contributed by atoms with Crippen LogP contribution in [0, 0.1) is 6.92 Å². The second kappa shape index (κ2) is 5.76. The van der Waals surface area contributed by atoms with Gasteiger partial charge in [-0.1, -0.05) is 0 Å². The molecular weight excluding hydrogens is 238 g/mol. The van der Waals surface area contributed by atoms with Crippen LogP contribution in [-0.2, 0) is 9.59 Å². The monoisotopic (exact) mass is 251 g/mol. The fourth-order valence-corrected chi connectivity index (χ4v) is 1.36. The molecule has 1 unspecified atom stereocenters. The number of carbonyl (C=O) groups is 3. The topological polar surface area (TPSA) is 122 Å². The second-order valence-electron chi connectivity index (χ2n) is 3.67. The summed E-state index contributed by atoms with van der Waals surface area (Å²) < 4.78 is 0. The van der Waals surface area contributed by atoms with Crippen molar-refractivity contribution >= 4 is 17.8 Å².